The molecule has 0 aromatic carbocycles. The Bertz CT molecular complexity index is 510. The number of nitrogens with one attached hydrogen (secondary N) is 1. The number of rotatable bonds is 1. The molecule has 1 fully saturated rings. The molecule has 1 aromatic rings. The van der Waals surface area contributed by atoms with Gasteiger partial charge in [0.1, 0.15) is 0 Å². The first-order valence-electron chi connectivity index (χ1n) is 6.74. The average molecular weight is 238 g/mol. The van der Waals surface area contributed by atoms with Crippen molar-refractivity contribution in [1.82, 2.24) is 10.3 Å². The Morgan fingerprint density at radius 2 is 2.28 bits per heavy atom. The van der Waals surface area contributed by atoms with Crippen LogP contribution in [0, 0.1) is 18.3 Å². The van der Waals surface area contributed by atoms with Crippen molar-refractivity contribution in [2.24, 2.45) is 5.92 Å². The molecule has 3 rings (SSSR count). The van der Waals surface area contributed by atoms with Crippen molar-refractivity contribution in [3.05, 3.63) is 35.7 Å². The Balaban J connectivity index is 1.94. The third-order valence-corrected chi connectivity index (χ3v) is 4.06. The zero-order chi connectivity index (χ0) is 12.4. The van der Waals surface area contributed by atoms with Crippen molar-refractivity contribution in [2.45, 2.75) is 31.7 Å². The Morgan fingerprint density at radius 3 is 3.17 bits per heavy atom. The second-order valence-electron chi connectivity index (χ2n) is 5.18. The number of hydrogen-bond acceptors (Lipinski definition) is 2. The summed E-state index contributed by atoms with van der Waals surface area (Å²) in [5.41, 5.74) is 3.46. The number of aromatic nitrogens is 1. The molecule has 0 bridgehead atoms. The lowest BCUT2D eigenvalue weighted by Gasteiger charge is -2.37. The molecule has 0 saturated carbocycles. The zero-order valence-electron chi connectivity index (χ0n) is 10.5. The number of pyridine rings is 1. The summed E-state index contributed by atoms with van der Waals surface area (Å²) in [5.74, 6) is 3.45. The van der Waals surface area contributed by atoms with Crippen LogP contribution in [-0.2, 0) is 0 Å². The van der Waals surface area contributed by atoms with Crippen molar-refractivity contribution in [1.29, 1.82) is 0 Å². The lowest BCUT2D eigenvalue weighted by atomic mass is 9.77. The van der Waals surface area contributed by atoms with Gasteiger partial charge in [-0.3, -0.25) is 4.98 Å². The molecule has 0 radical (unpaired) electrons. The van der Waals surface area contributed by atoms with Crippen molar-refractivity contribution >= 4 is 5.57 Å². The van der Waals surface area contributed by atoms with Gasteiger partial charge in [-0.05, 0) is 55.3 Å². The molecule has 2 heteroatoms. The van der Waals surface area contributed by atoms with E-state index in [1.54, 1.807) is 6.20 Å². The first-order valence-corrected chi connectivity index (χ1v) is 6.74. The van der Waals surface area contributed by atoms with E-state index in [9.17, 15) is 0 Å². The minimum Gasteiger partial charge on any atom is -0.310 e. The van der Waals surface area contributed by atoms with Gasteiger partial charge in [0.25, 0.3) is 0 Å². The van der Waals surface area contributed by atoms with E-state index in [1.165, 1.54) is 36.8 Å². The standard InChI is InChI=1S/C16H18N2/c1-2-12-9-14(11-17-10-12)15-7-3-5-13-6-4-8-18-16(13)15/h1,7,9-11,13,16,18H,3-6,8H2. The fourth-order valence-corrected chi connectivity index (χ4v) is 3.18. The number of piperidine rings is 1. The van der Waals surface area contributed by atoms with Crippen LogP contribution in [-0.4, -0.2) is 17.6 Å². The zero-order valence-corrected chi connectivity index (χ0v) is 10.5. The van der Waals surface area contributed by atoms with Crippen LogP contribution in [0.5, 0.6) is 0 Å². The summed E-state index contributed by atoms with van der Waals surface area (Å²) < 4.78 is 0. The van der Waals surface area contributed by atoms with Crippen LogP contribution < -0.4 is 5.32 Å². The molecular weight excluding hydrogens is 220 g/mol. The quantitative estimate of drug-likeness (QED) is 0.761. The van der Waals surface area contributed by atoms with Crippen LogP contribution in [0.15, 0.2) is 24.5 Å². The summed E-state index contributed by atoms with van der Waals surface area (Å²) >= 11 is 0. The van der Waals surface area contributed by atoms with Crippen molar-refractivity contribution in [3.8, 4) is 12.3 Å². The van der Waals surface area contributed by atoms with Gasteiger partial charge in [0, 0.05) is 24.0 Å². The van der Waals surface area contributed by atoms with Gasteiger partial charge in [0.15, 0.2) is 0 Å². The Morgan fingerprint density at radius 1 is 1.33 bits per heavy atom. The normalized spacial score (nSPS) is 26.9. The van der Waals surface area contributed by atoms with E-state index in [2.05, 4.69) is 28.4 Å². The van der Waals surface area contributed by atoms with E-state index in [4.69, 9.17) is 6.42 Å². The minimum atomic E-state index is 0.502. The topological polar surface area (TPSA) is 24.9 Å². The monoisotopic (exact) mass is 238 g/mol. The molecule has 2 unspecified atom stereocenters. The van der Waals surface area contributed by atoms with Gasteiger partial charge in [0.05, 0.1) is 0 Å². The summed E-state index contributed by atoms with van der Waals surface area (Å²) in [6, 6.07) is 2.58. The van der Waals surface area contributed by atoms with E-state index in [0.717, 1.165) is 18.0 Å². The molecule has 1 N–H and O–H groups in total. The highest BCUT2D eigenvalue weighted by Crippen LogP contribution is 2.35. The third-order valence-electron chi connectivity index (χ3n) is 4.06. The second kappa shape index (κ2) is 4.96. The fourth-order valence-electron chi connectivity index (χ4n) is 3.18. The van der Waals surface area contributed by atoms with E-state index in [1.807, 2.05) is 6.20 Å². The SMILES string of the molecule is C#Cc1cncc(C2=CCCC3CCCNC23)c1. The first-order chi connectivity index (χ1) is 8.88. The second-order valence-corrected chi connectivity index (χ2v) is 5.18. The van der Waals surface area contributed by atoms with Crippen LogP contribution in [0.2, 0.25) is 0 Å². The highest BCUT2D eigenvalue weighted by atomic mass is 14.9. The molecule has 18 heavy (non-hydrogen) atoms. The number of fused-ring (bicyclic) bond motifs is 1. The maximum atomic E-state index is 5.45. The maximum Gasteiger partial charge on any atom is 0.0432 e. The highest BCUT2D eigenvalue weighted by molar-refractivity contribution is 5.71. The minimum absolute atomic E-state index is 0.502. The van der Waals surface area contributed by atoms with Crippen molar-refractivity contribution in [2.75, 3.05) is 6.54 Å². The average Bonchev–Trinajstić information content (AvgIpc) is 2.47. The van der Waals surface area contributed by atoms with E-state index >= 15 is 0 Å². The predicted molar refractivity (Wildman–Crippen MR) is 73.9 cm³/mol. The molecule has 2 atom stereocenters. The van der Waals surface area contributed by atoms with Gasteiger partial charge in [-0.2, -0.15) is 0 Å². The summed E-state index contributed by atoms with van der Waals surface area (Å²) in [5, 5.41) is 3.66. The van der Waals surface area contributed by atoms with Gasteiger partial charge in [-0.1, -0.05) is 12.0 Å². The van der Waals surface area contributed by atoms with Gasteiger partial charge in [-0.15, -0.1) is 6.42 Å². The van der Waals surface area contributed by atoms with E-state index < -0.39 is 0 Å². The van der Waals surface area contributed by atoms with Crippen molar-refractivity contribution < 1.29 is 0 Å². The molecule has 0 spiro atoms. The lowest BCUT2D eigenvalue weighted by molar-refractivity contribution is 0.304. The van der Waals surface area contributed by atoms with Crippen LogP contribution in [0.3, 0.4) is 0 Å². The molecule has 1 aliphatic heterocycles. The lowest BCUT2D eigenvalue weighted by Crippen LogP contribution is -2.43. The van der Waals surface area contributed by atoms with Crippen LogP contribution in [0.25, 0.3) is 5.57 Å². The van der Waals surface area contributed by atoms with Crippen LogP contribution in [0.4, 0.5) is 0 Å². The Labute approximate surface area is 109 Å². The summed E-state index contributed by atoms with van der Waals surface area (Å²) in [6.45, 7) is 1.13. The summed E-state index contributed by atoms with van der Waals surface area (Å²) in [7, 11) is 0. The van der Waals surface area contributed by atoms with Gasteiger partial charge in [-0.25, -0.2) is 0 Å². The number of nitrogens with zero attached hydrogens (tertiary/aromatic N) is 1. The molecule has 1 saturated heterocycles. The summed E-state index contributed by atoms with van der Waals surface area (Å²) in [6.07, 6.45) is 16.6. The molecule has 1 aromatic heterocycles. The molecule has 92 valence electrons. The highest BCUT2D eigenvalue weighted by Gasteiger charge is 2.30. The molecular formula is C16H18N2. The molecule has 1 aliphatic carbocycles. The number of terminal acetylenes is 1. The molecule has 2 heterocycles. The third kappa shape index (κ3) is 2.07. The number of allylic oxidation sites excluding steroid dienone is 1. The maximum absolute atomic E-state index is 5.45. The Hall–Kier alpha value is -1.59. The summed E-state index contributed by atoms with van der Waals surface area (Å²) in [4.78, 5) is 4.26. The molecule has 2 nitrogen and oxygen atoms in total. The smallest absolute Gasteiger partial charge is 0.0432 e. The van der Waals surface area contributed by atoms with E-state index in [-0.39, 0.29) is 0 Å². The van der Waals surface area contributed by atoms with Gasteiger partial charge in [0.2, 0.25) is 0 Å². The van der Waals surface area contributed by atoms with Gasteiger partial charge < -0.3 is 5.32 Å². The largest absolute Gasteiger partial charge is 0.310 e. The van der Waals surface area contributed by atoms with Crippen LogP contribution >= 0.6 is 0 Å². The molecule has 0 amide bonds. The predicted octanol–water partition coefficient (Wildman–Crippen LogP) is 2.61. The van der Waals surface area contributed by atoms with Crippen molar-refractivity contribution in [3.63, 3.8) is 0 Å². The Kier molecular flexibility index (Phi) is 3.17. The van der Waals surface area contributed by atoms with Crippen LogP contribution in [0.1, 0.15) is 36.8 Å². The van der Waals surface area contributed by atoms with E-state index in [0.29, 0.717) is 6.04 Å². The fraction of sp³-hybridized carbons (Fsp3) is 0.438. The molecule has 2 aliphatic rings. The van der Waals surface area contributed by atoms with Gasteiger partial charge >= 0.3 is 0 Å². The number of hydrogen-bond donors (Lipinski definition) is 1. The first kappa shape index (κ1) is 11.5.